The smallest absolute Gasteiger partial charge is 0.164 e. The summed E-state index contributed by atoms with van der Waals surface area (Å²) in [7, 11) is 0. The summed E-state index contributed by atoms with van der Waals surface area (Å²) in [4.78, 5) is 19.2. The molecular weight excluding hydrogens is 536 g/mol. The summed E-state index contributed by atoms with van der Waals surface area (Å²) in [5.41, 5.74) is 8.56. The maximum absolute atomic E-state index is 4.89. The average molecular weight is 563 g/mol. The number of pyridine rings is 1. The van der Waals surface area contributed by atoms with E-state index in [4.69, 9.17) is 15.0 Å². The number of hydrogen-bond acceptors (Lipinski definition) is 4. The zero-order valence-electron chi connectivity index (χ0n) is 23.8. The fraction of sp³-hybridized carbons (Fsp3) is 0. The molecule has 0 saturated carbocycles. The van der Waals surface area contributed by atoms with E-state index in [0.717, 1.165) is 33.2 Å². The molecule has 0 aliphatic carbocycles. The van der Waals surface area contributed by atoms with Gasteiger partial charge in [0.25, 0.3) is 0 Å². The van der Waals surface area contributed by atoms with Crippen molar-refractivity contribution in [3.8, 4) is 56.4 Å². The molecule has 6 aromatic carbocycles. The standard InChI is InChI=1S/C40H26N4/c1-3-11-28(12-4-1)38-42-39(29-13-5-2-6-14-29)44-40(43-38)30-22-20-27(21-23-30)31-24-25-35(33-16-8-7-15-32(31)33)34-17-9-19-37-36(34)18-10-26-41-37/h1-26H. The molecule has 0 spiro atoms. The molecule has 0 aliphatic rings. The lowest BCUT2D eigenvalue weighted by Crippen LogP contribution is -2.00. The monoisotopic (exact) mass is 562 g/mol. The topological polar surface area (TPSA) is 51.6 Å². The molecule has 8 aromatic rings. The predicted molar refractivity (Wildman–Crippen MR) is 180 cm³/mol. The second-order valence-corrected chi connectivity index (χ2v) is 10.7. The molecule has 0 N–H and O–H groups in total. The van der Waals surface area contributed by atoms with Crippen LogP contribution in [0.2, 0.25) is 0 Å². The Hall–Kier alpha value is -6.00. The van der Waals surface area contributed by atoms with Gasteiger partial charge >= 0.3 is 0 Å². The van der Waals surface area contributed by atoms with Crippen molar-refractivity contribution in [1.29, 1.82) is 0 Å². The molecule has 4 nitrogen and oxygen atoms in total. The Kier molecular flexibility index (Phi) is 6.43. The molecule has 2 aromatic heterocycles. The number of rotatable bonds is 5. The van der Waals surface area contributed by atoms with Crippen LogP contribution in [0, 0.1) is 0 Å². The minimum absolute atomic E-state index is 0.647. The van der Waals surface area contributed by atoms with Crippen LogP contribution in [0.5, 0.6) is 0 Å². The van der Waals surface area contributed by atoms with E-state index in [9.17, 15) is 0 Å². The SMILES string of the molecule is c1ccc(-c2nc(-c3ccccc3)nc(-c3ccc(-c4ccc(-c5cccc6ncccc56)c5ccccc45)cc3)n2)cc1. The van der Waals surface area contributed by atoms with Gasteiger partial charge in [-0.15, -0.1) is 0 Å². The lowest BCUT2D eigenvalue weighted by molar-refractivity contribution is 1.07. The minimum atomic E-state index is 0.647. The Balaban J connectivity index is 1.22. The van der Waals surface area contributed by atoms with Crippen LogP contribution in [0.25, 0.3) is 78.1 Å². The van der Waals surface area contributed by atoms with Gasteiger partial charge in [-0.3, -0.25) is 4.98 Å². The lowest BCUT2D eigenvalue weighted by Gasteiger charge is -2.14. The number of nitrogens with zero attached hydrogens (tertiary/aromatic N) is 4. The molecule has 4 heteroatoms. The van der Waals surface area contributed by atoms with Gasteiger partial charge in [-0.05, 0) is 45.2 Å². The molecule has 0 fully saturated rings. The summed E-state index contributed by atoms with van der Waals surface area (Å²) in [6, 6.07) is 52.2. The summed E-state index contributed by atoms with van der Waals surface area (Å²) in [5.74, 6) is 1.96. The number of aromatic nitrogens is 4. The van der Waals surface area contributed by atoms with Crippen molar-refractivity contribution < 1.29 is 0 Å². The van der Waals surface area contributed by atoms with E-state index >= 15 is 0 Å². The summed E-state index contributed by atoms with van der Waals surface area (Å²) >= 11 is 0. The zero-order valence-corrected chi connectivity index (χ0v) is 23.8. The molecule has 0 amide bonds. The predicted octanol–water partition coefficient (Wildman–Crippen LogP) is 9.91. The van der Waals surface area contributed by atoms with Gasteiger partial charge in [0.1, 0.15) is 0 Å². The molecular formula is C40H26N4. The van der Waals surface area contributed by atoms with Gasteiger partial charge in [-0.25, -0.2) is 15.0 Å². The second-order valence-electron chi connectivity index (χ2n) is 10.7. The van der Waals surface area contributed by atoms with Crippen molar-refractivity contribution in [2.45, 2.75) is 0 Å². The molecule has 206 valence electrons. The Morgan fingerprint density at radius 1 is 0.295 bits per heavy atom. The molecule has 8 rings (SSSR count). The Morgan fingerprint density at radius 3 is 1.41 bits per heavy atom. The largest absolute Gasteiger partial charge is 0.256 e. The quantitative estimate of drug-likeness (QED) is 0.209. The van der Waals surface area contributed by atoms with Crippen molar-refractivity contribution in [3.63, 3.8) is 0 Å². The van der Waals surface area contributed by atoms with Gasteiger partial charge in [0.05, 0.1) is 5.52 Å². The molecule has 0 atom stereocenters. The third kappa shape index (κ3) is 4.69. The van der Waals surface area contributed by atoms with Crippen LogP contribution >= 0.6 is 0 Å². The maximum atomic E-state index is 4.89. The molecule has 44 heavy (non-hydrogen) atoms. The van der Waals surface area contributed by atoms with E-state index in [2.05, 4.69) is 89.9 Å². The first kappa shape index (κ1) is 25.7. The number of benzene rings is 6. The van der Waals surface area contributed by atoms with E-state index in [0.29, 0.717) is 17.5 Å². The van der Waals surface area contributed by atoms with Gasteiger partial charge in [0.2, 0.25) is 0 Å². The van der Waals surface area contributed by atoms with Crippen molar-refractivity contribution in [2.75, 3.05) is 0 Å². The van der Waals surface area contributed by atoms with E-state index < -0.39 is 0 Å². The minimum Gasteiger partial charge on any atom is -0.256 e. The van der Waals surface area contributed by atoms with E-state index in [1.54, 1.807) is 0 Å². The molecule has 2 heterocycles. The van der Waals surface area contributed by atoms with Crippen LogP contribution in [0.4, 0.5) is 0 Å². The highest BCUT2D eigenvalue weighted by atomic mass is 15.0. The van der Waals surface area contributed by atoms with Gasteiger partial charge < -0.3 is 0 Å². The zero-order chi connectivity index (χ0) is 29.3. The maximum Gasteiger partial charge on any atom is 0.164 e. The normalized spacial score (nSPS) is 11.2. The van der Waals surface area contributed by atoms with E-state index in [1.165, 1.54) is 27.5 Å². The summed E-state index contributed by atoms with van der Waals surface area (Å²) in [6.07, 6.45) is 1.85. The first-order valence-corrected chi connectivity index (χ1v) is 14.7. The van der Waals surface area contributed by atoms with Crippen molar-refractivity contribution >= 4 is 21.7 Å². The second kappa shape index (κ2) is 11.0. The van der Waals surface area contributed by atoms with E-state index in [1.807, 2.05) is 72.9 Å². The highest BCUT2D eigenvalue weighted by Gasteiger charge is 2.14. The molecule has 0 saturated heterocycles. The number of fused-ring (bicyclic) bond motifs is 2. The van der Waals surface area contributed by atoms with Crippen LogP contribution in [-0.4, -0.2) is 19.9 Å². The summed E-state index contributed by atoms with van der Waals surface area (Å²) in [5, 5.41) is 3.57. The summed E-state index contributed by atoms with van der Waals surface area (Å²) in [6.45, 7) is 0. The Labute approximate surface area is 255 Å². The molecule has 0 unspecified atom stereocenters. The summed E-state index contributed by atoms with van der Waals surface area (Å²) < 4.78 is 0. The highest BCUT2D eigenvalue weighted by Crippen LogP contribution is 2.38. The highest BCUT2D eigenvalue weighted by molar-refractivity contribution is 6.09. The van der Waals surface area contributed by atoms with Crippen LogP contribution < -0.4 is 0 Å². The fourth-order valence-electron chi connectivity index (χ4n) is 5.86. The van der Waals surface area contributed by atoms with E-state index in [-0.39, 0.29) is 0 Å². The molecule has 0 bridgehead atoms. The van der Waals surface area contributed by atoms with Crippen LogP contribution in [0.3, 0.4) is 0 Å². The fourth-order valence-corrected chi connectivity index (χ4v) is 5.86. The molecule has 0 aliphatic heterocycles. The van der Waals surface area contributed by atoms with Gasteiger partial charge in [-0.2, -0.15) is 0 Å². The third-order valence-electron chi connectivity index (χ3n) is 8.01. The third-order valence-corrected chi connectivity index (χ3v) is 8.01. The van der Waals surface area contributed by atoms with Gasteiger partial charge in [0.15, 0.2) is 17.5 Å². The first-order valence-electron chi connectivity index (χ1n) is 14.7. The Bertz CT molecular complexity index is 2200. The Morgan fingerprint density at radius 2 is 0.773 bits per heavy atom. The first-order chi connectivity index (χ1) is 21.8. The van der Waals surface area contributed by atoms with Crippen LogP contribution in [0.15, 0.2) is 158 Å². The van der Waals surface area contributed by atoms with Gasteiger partial charge in [0, 0.05) is 28.3 Å². The van der Waals surface area contributed by atoms with Crippen molar-refractivity contribution in [2.24, 2.45) is 0 Å². The lowest BCUT2D eigenvalue weighted by atomic mass is 9.90. The van der Waals surface area contributed by atoms with Gasteiger partial charge in [-0.1, -0.05) is 140 Å². The number of hydrogen-bond donors (Lipinski definition) is 0. The van der Waals surface area contributed by atoms with Crippen LogP contribution in [-0.2, 0) is 0 Å². The molecule has 0 radical (unpaired) electrons. The van der Waals surface area contributed by atoms with Crippen LogP contribution in [0.1, 0.15) is 0 Å². The van der Waals surface area contributed by atoms with Crippen molar-refractivity contribution in [3.05, 3.63) is 158 Å². The average Bonchev–Trinajstić information content (AvgIpc) is 3.11. The van der Waals surface area contributed by atoms with Crippen molar-refractivity contribution in [1.82, 2.24) is 19.9 Å².